The summed E-state index contributed by atoms with van der Waals surface area (Å²) in [5.41, 5.74) is 1.24. The Morgan fingerprint density at radius 3 is 2.59 bits per heavy atom. The third kappa shape index (κ3) is 4.05. The first-order valence-corrected chi connectivity index (χ1v) is 7.10. The molecule has 0 aliphatic heterocycles. The van der Waals surface area contributed by atoms with Crippen molar-refractivity contribution < 1.29 is 4.74 Å². The normalized spacial score (nSPS) is 13.3. The minimum absolute atomic E-state index is 0.342. The van der Waals surface area contributed by atoms with E-state index in [0.29, 0.717) is 12.0 Å². The first kappa shape index (κ1) is 14.6. The van der Waals surface area contributed by atoms with E-state index < -0.39 is 0 Å². The van der Waals surface area contributed by atoms with Crippen LogP contribution in [-0.2, 0) is 11.2 Å². The lowest BCUT2D eigenvalue weighted by Crippen LogP contribution is -2.28. The molecule has 3 nitrogen and oxygen atoms in total. The van der Waals surface area contributed by atoms with Crippen molar-refractivity contribution in [1.82, 2.24) is 10.3 Å². The number of nitrogens with zero attached hydrogens (tertiary/aromatic N) is 1. The molecule has 0 saturated carbocycles. The van der Waals surface area contributed by atoms with Gasteiger partial charge in [0, 0.05) is 18.5 Å². The molecular weight excluding hydrogens is 232 g/mol. The highest BCUT2D eigenvalue weighted by molar-refractivity contribution is 7.11. The Labute approximate surface area is 109 Å². The van der Waals surface area contributed by atoms with Crippen LogP contribution in [0.5, 0.6) is 0 Å². The fraction of sp³-hybridized carbons (Fsp3) is 0.769. The van der Waals surface area contributed by atoms with E-state index in [1.165, 1.54) is 15.6 Å². The third-order valence-corrected chi connectivity index (χ3v) is 3.94. The fourth-order valence-electron chi connectivity index (χ4n) is 1.84. The number of thiazole rings is 1. The minimum atomic E-state index is 0.342. The van der Waals surface area contributed by atoms with Crippen molar-refractivity contribution in [3.8, 4) is 0 Å². The second-order valence-corrected chi connectivity index (χ2v) is 5.81. The molecule has 1 aromatic heterocycles. The molecule has 0 aliphatic carbocycles. The van der Waals surface area contributed by atoms with Gasteiger partial charge in [-0.3, -0.25) is 0 Å². The monoisotopic (exact) mass is 256 g/mol. The highest BCUT2D eigenvalue weighted by Crippen LogP contribution is 2.28. The Hall–Kier alpha value is -0.450. The SMILES string of the molecule is CCc1nc(C(NCCOC)C(C)C)sc1C. The zero-order chi connectivity index (χ0) is 12.8. The summed E-state index contributed by atoms with van der Waals surface area (Å²) in [5.74, 6) is 0.544. The van der Waals surface area contributed by atoms with Gasteiger partial charge in [0.25, 0.3) is 0 Å². The number of aromatic nitrogens is 1. The number of nitrogens with one attached hydrogen (secondary N) is 1. The van der Waals surface area contributed by atoms with Gasteiger partial charge in [-0.1, -0.05) is 20.8 Å². The summed E-state index contributed by atoms with van der Waals surface area (Å²) in [6.45, 7) is 10.4. The van der Waals surface area contributed by atoms with Crippen LogP contribution in [-0.4, -0.2) is 25.2 Å². The van der Waals surface area contributed by atoms with E-state index in [1.807, 2.05) is 11.3 Å². The smallest absolute Gasteiger partial charge is 0.110 e. The number of hydrogen-bond donors (Lipinski definition) is 1. The molecule has 0 spiro atoms. The number of aryl methyl sites for hydroxylation is 2. The van der Waals surface area contributed by atoms with Gasteiger partial charge in [0.05, 0.1) is 18.3 Å². The third-order valence-electron chi connectivity index (χ3n) is 2.85. The molecule has 0 aliphatic rings. The molecule has 1 rings (SSSR count). The summed E-state index contributed by atoms with van der Waals surface area (Å²) >= 11 is 1.82. The van der Waals surface area contributed by atoms with Crippen molar-refractivity contribution in [1.29, 1.82) is 0 Å². The van der Waals surface area contributed by atoms with Crippen LogP contribution in [0.3, 0.4) is 0 Å². The molecule has 1 N–H and O–H groups in total. The summed E-state index contributed by atoms with van der Waals surface area (Å²) in [6, 6.07) is 0.342. The van der Waals surface area contributed by atoms with Gasteiger partial charge in [0.15, 0.2) is 0 Å². The van der Waals surface area contributed by atoms with Gasteiger partial charge < -0.3 is 10.1 Å². The molecule has 0 radical (unpaired) electrons. The van der Waals surface area contributed by atoms with Crippen LogP contribution >= 0.6 is 11.3 Å². The number of ether oxygens (including phenoxy) is 1. The molecule has 4 heteroatoms. The fourth-order valence-corrected chi connectivity index (χ4v) is 3.10. The van der Waals surface area contributed by atoms with Crippen molar-refractivity contribution >= 4 is 11.3 Å². The summed E-state index contributed by atoms with van der Waals surface area (Å²) in [7, 11) is 1.73. The van der Waals surface area contributed by atoms with Crippen LogP contribution in [0.15, 0.2) is 0 Å². The van der Waals surface area contributed by atoms with Crippen molar-refractivity contribution in [2.45, 2.75) is 40.2 Å². The quantitative estimate of drug-likeness (QED) is 0.762. The topological polar surface area (TPSA) is 34.2 Å². The maximum Gasteiger partial charge on any atom is 0.110 e. The Kier molecular flexibility index (Phi) is 6.09. The van der Waals surface area contributed by atoms with E-state index >= 15 is 0 Å². The molecular formula is C13H24N2OS. The Morgan fingerprint density at radius 2 is 2.12 bits per heavy atom. The van der Waals surface area contributed by atoms with E-state index in [9.17, 15) is 0 Å². The number of methoxy groups -OCH3 is 1. The molecule has 1 atom stereocenters. The number of hydrogen-bond acceptors (Lipinski definition) is 4. The molecule has 1 aromatic rings. The van der Waals surface area contributed by atoms with Crippen LogP contribution in [0.1, 0.15) is 42.4 Å². The standard InChI is InChI=1S/C13H24N2OS/c1-6-11-10(4)17-13(15-11)12(9(2)3)14-7-8-16-5/h9,12,14H,6-8H2,1-5H3. The Balaban J connectivity index is 2.74. The maximum atomic E-state index is 5.08. The zero-order valence-electron chi connectivity index (χ0n) is 11.5. The first-order valence-electron chi connectivity index (χ1n) is 6.28. The van der Waals surface area contributed by atoms with Gasteiger partial charge in [-0.2, -0.15) is 0 Å². The van der Waals surface area contributed by atoms with Crippen LogP contribution < -0.4 is 5.32 Å². The van der Waals surface area contributed by atoms with Crippen molar-refractivity contribution in [2.24, 2.45) is 5.92 Å². The summed E-state index contributed by atoms with van der Waals surface area (Å²) in [6.07, 6.45) is 1.02. The van der Waals surface area contributed by atoms with Gasteiger partial charge in [0.1, 0.15) is 5.01 Å². The maximum absolute atomic E-state index is 5.08. The van der Waals surface area contributed by atoms with Crippen LogP contribution in [0.2, 0.25) is 0 Å². The molecule has 17 heavy (non-hydrogen) atoms. The van der Waals surface area contributed by atoms with Gasteiger partial charge in [0.2, 0.25) is 0 Å². The van der Waals surface area contributed by atoms with E-state index in [4.69, 9.17) is 9.72 Å². The Morgan fingerprint density at radius 1 is 1.41 bits per heavy atom. The summed E-state index contributed by atoms with van der Waals surface area (Å²) in [5, 5.41) is 4.74. The first-order chi connectivity index (χ1) is 8.10. The Bertz CT molecular complexity index is 336. The van der Waals surface area contributed by atoms with E-state index in [0.717, 1.165) is 19.6 Å². The van der Waals surface area contributed by atoms with Crippen molar-refractivity contribution in [2.75, 3.05) is 20.3 Å². The largest absolute Gasteiger partial charge is 0.383 e. The van der Waals surface area contributed by atoms with Crippen molar-refractivity contribution in [3.05, 3.63) is 15.6 Å². The lowest BCUT2D eigenvalue weighted by molar-refractivity contribution is 0.192. The average Bonchev–Trinajstić information content (AvgIpc) is 2.65. The molecule has 1 unspecified atom stereocenters. The minimum Gasteiger partial charge on any atom is -0.383 e. The molecule has 0 amide bonds. The molecule has 0 fully saturated rings. The highest BCUT2D eigenvalue weighted by Gasteiger charge is 2.19. The van der Waals surface area contributed by atoms with Gasteiger partial charge >= 0.3 is 0 Å². The van der Waals surface area contributed by atoms with E-state index in [-0.39, 0.29) is 0 Å². The molecule has 0 saturated heterocycles. The summed E-state index contributed by atoms with van der Waals surface area (Å²) < 4.78 is 5.08. The van der Waals surface area contributed by atoms with Gasteiger partial charge in [-0.15, -0.1) is 11.3 Å². The van der Waals surface area contributed by atoms with E-state index in [1.54, 1.807) is 7.11 Å². The van der Waals surface area contributed by atoms with Crippen LogP contribution in [0.25, 0.3) is 0 Å². The predicted molar refractivity (Wildman–Crippen MR) is 73.7 cm³/mol. The second kappa shape index (κ2) is 7.09. The van der Waals surface area contributed by atoms with Gasteiger partial charge in [-0.25, -0.2) is 4.98 Å². The highest BCUT2D eigenvalue weighted by atomic mass is 32.1. The second-order valence-electron chi connectivity index (χ2n) is 4.58. The summed E-state index contributed by atoms with van der Waals surface area (Å²) in [4.78, 5) is 6.09. The lowest BCUT2D eigenvalue weighted by atomic mass is 10.1. The molecule has 0 bridgehead atoms. The molecule has 98 valence electrons. The number of rotatable bonds is 7. The lowest BCUT2D eigenvalue weighted by Gasteiger charge is -2.20. The molecule has 1 heterocycles. The molecule has 0 aromatic carbocycles. The average molecular weight is 256 g/mol. The zero-order valence-corrected chi connectivity index (χ0v) is 12.4. The van der Waals surface area contributed by atoms with E-state index in [2.05, 4.69) is 33.0 Å². The predicted octanol–water partition coefficient (Wildman–Crippen LogP) is 2.95. The van der Waals surface area contributed by atoms with Crippen LogP contribution in [0.4, 0.5) is 0 Å². The van der Waals surface area contributed by atoms with Crippen molar-refractivity contribution in [3.63, 3.8) is 0 Å². The van der Waals surface area contributed by atoms with Crippen LogP contribution in [0, 0.1) is 12.8 Å². The van der Waals surface area contributed by atoms with Gasteiger partial charge in [-0.05, 0) is 19.3 Å².